The fourth-order valence-electron chi connectivity index (χ4n) is 2.87. The standard InChI is InChI=1S/C21H22FN3O5S/c1-4-25(5-2)31(27,28)18-12-16(10-11-17(18)22)21(26)29-13-19-23-20(24-30-19)15-8-6-14(3)7-9-15/h6-12H,4-5,13H2,1-3H3. The van der Waals surface area contributed by atoms with Crippen molar-refractivity contribution in [3.8, 4) is 11.4 Å². The summed E-state index contributed by atoms with van der Waals surface area (Å²) in [6.07, 6.45) is 0. The van der Waals surface area contributed by atoms with Crippen LogP contribution in [0, 0.1) is 12.7 Å². The largest absolute Gasteiger partial charge is 0.452 e. The van der Waals surface area contributed by atoms with Crippen LogP contribution in [-0.2, 0) is 21.4 Å². The minimum Gasteiger partial charge on any atom is -0.452 e. The van der Waals surface area contributed by atoms with E-state index in [1.807, 2.05) is 31.2 Å². The third-order valence-electron chi connectivity index (χ3n) is 4.59. The van der Waals surface area contributed by atoms with E-state index in [1.165, 1.54) is 0 Å². The lowest BCUT2D eigenvalue weighted by atomic mass is 10.1. The highest BCUT2D eigenvalue weighted by molar-refractivity contribution is 7.89. The number of rotatable bonds is 8. The van der Waals surface area contributed by atoms with E-state index in [1.54, 1.807) is 13.8 Å². The Kier molecular flexibility index (Phi) is 6.81. The number of sulfonamides is 1. The second-order valence-electron chi connectivity index (χ2n) is 6.69. The number of aryl methyl sites for hydroxylation is 1. The lowest BCUT2D eigenvalue weighted by molar-refractivity contribution is 0.0429. The number of aromatic nitrogens is 2. The summed E-state index contributed by atoms with van der Waals surface area (Å²) in [5.41, 5.74) is 1.73. The predicted molar refractivity (Wildman–Crippen MR) is 110 cm³/mol. The Labute approximate surface area is 179 Å². The van der Waals surface area contributed by atoms with Crippen LogP contribution in [0.25, 0.3) is 11.4 Å². The highest BCUT2D eigenvalue weighted by Gasteiger charge is 2.26. The van der Waals surface area contributed by atoms with Crippen molar-refractivity contribution in [2.75, 3.05) is 13.1 Å². The van der Waals surface area contributed by atoms with Crippen LogP contribution in [0.1, 0.15) is 35.7 Å². The van der Waals surface area contributed by atoms with Gasteiger partial charge in [-0.05, 0) is 25.1 Å². The molecule has 0 spiro atoms. The average Bonchev–Trinajstić information content (AvgIpc) is 3.22. The van der Waals surface area contributed by atoms with Crippen LogP contribution in [0.2, 0.25) is 0 Å². The molecule has 0 aliphatic carbocycles. The molecule has 1 heterocycles. The number of carbonyl (C=O) groups is 1. The van der Waals surface area contributed by atoms with Crippen LogP contribution in [0.3, 0.4) is 0 Å². The first-order valence-corrected chi connectivity index (χ1v) is 11.1. The van der Waals surface area contributed by atoms with Crippen molar-refractivity contribution in [3.05, 3.63) is 65.3 Å². The van der Waals surface area contributed by atoms with Gasteiger partial charge in [-0.1, -0.05) is 48.8 Å². The molecule has 0 bridgehead atoms. The van der Waals surface area contributed by atoms with Gasteiger partial charge < -0.3 is 9.26 Å². The maximum absolute atomic E-state index is 14.2. The Balaban J connectivity index is 1.74. The molecule has 0 atom stereocenters. The first-order valence-electron chi connectivity index (χ1n) is 9.62. The van der Waals surface area contributed by atoms with Crippen LogP contribution in [0.4, 0.5) is 4.39 Å². The van der Waals surface area contributed by atoms with Gasteiger partial charge in [0.25, 0.3) is 5.89 Å². The topological polar surface area (TPSA) is 103 Å². The summed E-state index contributed by atoms with van der Waals surface area (Å²) < 4.78 is 50.8. The van der Waals surface area contributed by atoms with Crippen molar-refractivity contribution in [1.29, 1.82) is 0 Å². The van der Waals surface area contributed by atoms with E-state index in [0.29, 0.717) is 5.82 Å². The summed E-state index contributed by atoms with van der Waals surface area (Å²) in [5, 5.41) is 3.85. The van der Waals surface area contributed by atoms with Crippen LogP contribution in [0.5, 0.6) is 0 Å². The van der Waals surface area contributed by atoms with E-state index in [9.17, 15) is 17.6 Å². The van der Waals surface area contributed by atoms with Gasteiger partial charge in [0.1, 0.15) is 10.7 Å². The first kappa shape index (κ1) is 22.6. The number of esters is 1. The molecule has 0 radical (unpaired) electrons. The first-order chi connectivity index (χ1) is 14.8. The summed E-state index contributed by atoms with van der Waals surface area (Å²) in [5.74, 6) is -1.36. The second-order valence-corrected chi connectivity index (χ2v) is 8.59. The molecule has 0 unspecified atom stereocenters. The number of carbonyl (C=O) groups excluding carboxylic acids is 1. The molecule has 3 aromatic rings. The van der Waals surface area contributed by atoms with E-state index >= 15 is 0 Å². The third-order valence-corrected chi connectivity index (χ3v) is 6.66. The van der Waals surface area contributed by atoms with E-state index in [0.717, 1.165) is 33.6 Å². The summed E-state index contributed by atoms with van der Waals surface area (Å²) in [7, 11) is -4.08. The Bertz CT molecular complexity index is 1170. The van der Waals surface area contributed by atoms with E-state index < -0.39 is 26.7 Å². The van der Waals surface area contributed by atoms with Crippen molar-refractivity contribution in [2.24, 2.45) is 0 Å². The van der Waals surface area contributed by atoms with Crippen LogP contribution < -0.4 is 0 Å². The van der Waals surface area contributed by atoms with Crippen LogP contribution >= 0.6 is 0 Å². The van der Waals surface area contributed by atoms with Gasteiger partial charge >= 0.3 is 5.97 Å². The summed E-state index contributed by atoms with van der Waals surface area (Å²) in [4.78, 5) is 16.0. The van der Waals surface area contributed by atoms with Gasteiger partial charge in [0.2, 0.25) is 15.8 Å². The van der Waals surface area contributed by atoms with E-state index in [-0.39, 0.29) is 31.2 Å². The van der Waals surface area contributed by atoms with Gasteiger partial charge in [-0.2, -0.15) is 9.29 Å². The second kappa shape index (κ2) is 9.36. The molecule has 31 heavy (non-hydrogen) atoms. The molecule has 164 valence electrons. The van der Waals surface area contributed by atoms with Crippen molar-refractivity contribution in [1.82, 2.24) is 14.4 Å². The Morgan fingerprint density at radius 1 is 1.13 bits per heavy atom. The number of benzene rings is 2. The number of ether oxygens (including phenoxy) is 1. The van der Waals surface area contributed by atoms with E-state index in [2.05, 4.69) is 10.1 Å². The quantitative estimate of drug-likeness (QED) is 0.486. The van der Waals surface area contributed by atoms with Gasteiger partial charge in [-0.3, -0.25) is 0 Å². The van der Waals surface area contributed by atoms with Crippen LogP contribution in [-0.4, -0.2) is 41.9 Å². The molecule has 0 saturated heterocycles. The third kappa shape index (κ3) is 4.97. The number of nitrogens with zero attached hydrogens (tertiary/aromatic N) is 3. The molecule has 0 fully saturated rings. The Hall–Kier alpha value is -3.11. The lowest BCUT2D eigenvalue weighted by Crippen LogP contribution is -2.31. The monoisotopic (exact) mass is 447 g/mol. The summed E-state index contributed by atoms with van der Waals surface area (Å²) in [6, 6.07) is 10.5. The van der Waals surface area contributed by atoms with E-state index in [4.69, 9.17) is 9.26 Å². The highest BCUT2D eigenvalue weighted by atomic mass is 32.2. The number of halogens is 1. The fraction of sp³-hybridized carbons (Fsp3) is 0.286. The maximum Gasteiger partial charge on any atom is 0.338 e. The zero-order valence-electron chi connectivity index (χ0n) is 17.3. The van der Waals surface area contributed by atoms with Crippen molar-refractivity contribution in [3.63, 3.8) is 0 Å². The van der Waals surface area contributed by atoms with Gasteiger partial charge in [-0.25, -0.2) is 17.6 Å². The Morgan fingerprint density at radius 3 is 2.45 bits per heavy atom. The lowest BCUT2D eigenvalue weighted by Gasteiger charge is -2.19. The molecule has 2 aromatic carbocycles. The van der Waals surface area contributed by atoms with Gasteiger partial charge in [0.15, 0.2) is 6.61 Å². The van der Waals surface area contributed by atoms with Crippen molar-refractivity contribution < 1.29 is 26.9 Å². The molecule has 3 rings (SSSR count). The fourth-order valence-corrected chi connectivity index (χ4v) is 4.42. The highest BCUT2D eigenvalue weighted by Crippen LogP contribution is 2.22. The normalized spacial score (nSPS) is 11.6. The van der Waals surface area contributed by atoms with Crippen molar-refractivity contribution >= 4 is 16.0 Å². The molecule has 0 N–H and O–H groups in total. The average molecular weight is 447 g/mol. The van der Waals surface area contributed by atoms with Gasteiger partial charge in [0, 0.05) is 18.7 Å². The molecule has 8 nitrogen and oxygen atoms in total. The Morgan fingerprint density at radius 2 is 1.81 bits per heavy atom. The number of hydrogen-bond acceptors (Lipinski definition) is 7. The number of hydrogen-bond donors (Lipinski definition) is 0. The molecule has 0 amide bonds. The smallest absolute Gasteiger partial charge is 0.338 e. The SMILES string of the molecule is CCN(CC)S(=O)(=O)c1cc(C(=O)OCc2nc(-c3ccc(C)cc3)no2)ccc1F. The predicted octanol–water partition coefficient (Wildman–Crippen LogP) is 3.57. The molecule has 0 aliphatic rings. The summed E-state index contributed by atoms with van der Waals surface area (Å²) >= 11 is 0. The molecular weight excluding hydrogens is 425 g/mol. The van der Waals surface area contributed by atoms with Gasteiger partial charge in [0.05, 0.1) is 5.56 Å². The molecule has 10 heteroatoms. The zero-order chi connectivity index (χ0) is 22.6. The molecular formula is C21H22FN3O5S. The molecule has 0 aliphatic heterocycles. The molecule has 1 aromatic heterocycles. The zero-order valence-corrected chi connectivity index (χ0v) is 18.1. The summed E-state index contributed by atoms with van der Waals surface area (Å²) in [6.45, 7) is 5.28. The van der Waals surface area contributed by atoms with Crippen LogP contribution in [0.15, 0.2) is 51.9 Å². The van der Waals surface area contributed by atoms with Crippen molar-refractivity contribution in [2.45, 2.75) is 32.3 Å². The maximum atomic E-state index is 14.2. The van der Waals surface area contributed by atoms with Gasteiger partial charge in [-0.15, -0.1) is 0 Å². The molecule has 0 saturated carbocycles. The minimum absolute atomic E-state index is 0.0713. The minimum atomic E-state index is -4.08.